The van der Waals surface area contributed by atoms with Crippen molar-refractivity contribution in [1.29, 1.82) is 0 Å². The van der Waals surface area contributed by atoms with E-state index in [2.05, 4.69) is 4.99 Å². The van der Waals surface area contributed by atoms with Crippen LogP contribution >= 0.6 is 0 Å². The van der Waals surface area contributed by atoms with Gasteiger partial charge in [0.15, 0.2) is 48.5 Å². The van der Waals surface area contributed by atoms with Crippen LogP contribution < -0.4 is 0 Å². The summed E-state index contributed by atoms with van der Waals surface area (Å²) in [6.07, 6.45) is -12.8. The summed E-state index contributed by atoms with van der Waals surface area (Å²) in [5.74, 6) is -7.01. The number of amides is 1. The molecule has 49 heavy (non-hydrogen) atoms. The highest BCUT2D eigenvalue weighted by atomic mass is 16.7. The fourth-order valence-electron chi connectivity index (χ4n) is 5.78. The van der Waals surface area contributed by atoms with Gasteiger partial charge in [0.05, 0.1) is 0 Å². The summed E-state index contributed by atoms with van der Waals surface area (Å²) < 4.78 is 48.9. The Balaban J connectivity index is 2.22. The molecule has 20 heteroatoms. The van der Waals surface area contributed by atoms with Gasteiger partial charge in [-0.1, -0.05) is 0 Å². The number of carbonyl (C=O) groups is 8. The monoisotopic (exact) mass is 702 g/mol. The number of hydrogen-bond donors (Lipinski definition) is 1. The lowest BCUT2D eigenvalue weighted by molar-refractivity contribution is -0.251. The molecule has 3 fully saturated rings. The smallest absolute Gasteiger partial charge is 0.303 e. The fourth-order valence-corrected chi connectivity index (χ4v) is 5.78. The van der Waals surface area contributed by atoms with E-state index in [0.29, 0.717) is 0 Å². The Hall–Kier alpha value is -4.85. The van der Waals surface area contributed by atoms with Crippen molar-refractivity contribution in [1.82, 2.24) is 4.90 Å². The van der Waals surface area contributed by atoms with Crippen molar-refractivity contribution in [3.05, 3.63) is 0 Å². The maximum atomic E-state index is 13.2. The van der Waals surface area contributed by atoms with Crippen LogP contribution in [0, 0.1) is 0 Å². The first-order chi connectivity index (χ1) is 22.8. The Bertz CT molecular complexity index is 1400. The van der Waals surface area contributed by atoms with Gasteiger partial charge in [-0.3, -0.25) is 43.3 Å². The fraction of sp³-hybridized carbons (Fsp3) is 0.690. The maximum absolute atomic E-state index is 13.2. The third-order valence-electron chi connectivity index (χ3n) is 7.31. The standard InChI is InChI=1S/C29H38N2O18/c1-11(32)31-25-22(23(45-16(6)37)26(47-18(8)39)29(25,40)10-42-13(3)34)49-28(31)30-27-24(46-17(7)38)21(44-15(5)36)20(43-14(4)35)19(48-27)9-41-12(2)33/h19-27,40H,9-10H2,1-8H3/b30-28-/t19-,20+,21+,22-,23-,24-,25-,26+,27+,29+/m1/s1. The van der Waals surface area contributed by atoms with Crippen molar-refractivity contribution >= 4 is 53.7 Å². The van der Waals surface area contributed by atoms with E-state index < -0.39 is 128 Å². The number of carbonyl (C=O) groups excluding carboxylic acids is 8. The molecule has 2 saturated heterocycles. The quantitative estimate of drug-likeness (QED) is 0.195. The molecule has 2 aliphatic heterocycles. The number of ether oxygens (including phenoxy) is 9. The van der Waals surface area contributed by atoms with Crippen LogP contribution in [0.5, 0.6) is 0 Å². The Labute approximate surface area is 279 Å². The molecule has 0 bridgehead atoms. The van der Waals surface area contributed by atoms with Gasteiger partial charge >= 0.3 is 41.8 Å². The van der Waals surface area contributed by atoms with E-state index in [4.69, 9.17) is 42.6 Å². The van der Waals surface area contributed by atoms with Gasteiger partial charge < -0.3 is 47.7 Å². The number of aliphatic imine (C=N–C) groups is 1. The van der Waals surface area contributed by atoms with E-state index in [1.165, 1.54) is 0 Å². The number of rotatable bonds is 10. The molecule has 1 saturated carbocycles. The summed E-state index contributed by atoms with van der Waals surface area (Å²) >= 11 is 0. The van der Waals surface area contributed by atoms with Gasteiger partial charge in [-0.15, -0.1) is 0 Å². The molecule has 10 atom stereocenters. The number of fused-ring (bicyclic) bond motifs is 1. The van der Waals surface area contributed by atoms with Crippen molar-refractivity contribution in [2.24, 2.45) is 4.99 Å². The summed E-state index contributed by atoms with van der Waals surface area (Å²) in [6.45, 7) is 6.79. The van der Waals surface area contributed by atoms with Crippen LogP contribution in [0.25, 0.3) is 0 Å². The van der Waals surface area contributed by atoms with E-state index in [1.807, 2.05) is 0 Å². The lowest BCUT2D eigenvalue weighted by atomic mass is 9.94. The minimum Gasteiger partial charge on any atom is -0.463 e. The average molecular weight is 703 g/mol. The molecule has 0 aromatic rings. The second-order valence-corrected chi connectivity index (χ2v) is 11.3. The van der Waals surface area contributed by atoms with Crippen molar-refractivity contribution in [2.75, 3.05) is 13.2 Å². The van der Waals surface area contributed by atoms with Crippen LogP contribution in [0.15, 0.2) is 4.99 Å². The lowest BCUT2D eigenvalue weighted by Gasteiger charge is -2.43. The SMILES string of the molecule is CC(=O)OC[C@H]1O[C@H](/N=C2\O[C@@H]3[C@@H](OC(C)=O)[C@H](OC(C)=O)[C@](O)(COC(C)=O)[C@@H]3N2C(C)=O)[C@H](OC(C)=O)[C@@H](OC(C)=O)[C@H]1OC(C)=O. The highest BCUT2D eigenvalue weighted by Gasteiger charge is 2.71. The highest BCUT2D eigenvalue weighted by Crippen LogP contribution is 2.45. The minimum atomic E-state index is -2.47. The van der Waals surface area contributed by atoms with E-state index in [9.17, 15) is 43.5 Å². The van der Waals surface area contributed by atoms with Crippen LogP contribution in [0.1, 0.15) is 55.4 Å². The largest absolute Gasteiger partial charge is 0.463 e. The van der Waals surface area contributed by atoms with Crippen LogP contribution in [0.4, 0.5) is 0 Å². The van der Waals surface area contributed by atoms with Gasteiger partial charge in [0.25, 0.3) is 6.02 Å². The third-order valence-corrected chi connectivity index (χ3v) is 7.31. The first kappa shape index (κ1) is 38.6. The van der Waals surface area contributed by atoms with Crippen molar-refractivity contribution in [3.63, 3.8) is 0 Å². The third kappa shape index (κ3) is 8.99. The summed E-state index contributed by atoms with van der Waals surface area (Å²) in [6, 6.07) is -2.22. The van der Waals surface area contributed by atoms with Crippen molar-refractivity contribution in [2.45, 2.75) is 116 Å². The van der Waals surface area contributed by atoms with E-state index in [1.54, 1.807) is 0 Å². The van der Waals surface area contributed by atoms with Gasteiger partial charge in [-0.25, -0.2) is 0 Å². The first-order valence-corrected chi connectivity index (χ1v) is 14.8. The van der Waals surface area contributed by atoms with Gasteiger partial charge in [-0.05, 0) is 0 Å². The molecule has 2 heterocycles. The van der Waals surface area contributed by atoms with E-state index in [-0.39, 0.29) is 0 Å². The zero-order valence-corrected chi connectivity index (χ0v) is 27.9. The zero-order chi connectivity index (χ0) is 37.0. The number of amidine groups is 1. The highest BCUT2D eigenvalue weighted by molar-refractivity contribution is 5.96. The van der Waals surface area contributed by atoms with Gasteiger partial charge in [0.1, 0.15) is 25.4 Å². The number of esters is 7. The van der Waals surface area contributed by atoms with Gasteiger partial charge in [0.2, 0.25) is 5.91 Å². The summed E-state index contributed by atoms with van der Waals surface area (Å²) in [4.78, 5) is 103. The molecule has 3 aliphatic rings. The normalized spacial score (nSPS) is 32.6. The summed E-state index contributed by atoms with van der Waals surface area (Å²) in [5, 5.41) is 12.0. The minimum absolute atomic E-state index is 0.581. The molecule has 20 nitrogen and oxygen atoms in total. The van der Waals surface area contributed by atoms with E-state index in [0.717, 1.165) is 60.3 Å². The molecule has 1 amide bonds. The topological polar surface area (TPSA) is 255 Å². The Morgan fingerprint density at radius 3 is 1.65 bits per heavy atom. The molecule has 0 aromatic carbocycles. The molecular formula is C29H38N2O18. The molecular weight excluding hydrogens is 664 g/mol. The molecule has 3 rings (SSSR count). The molecule has 0 radical (unpaired) electrons. The van der Waals surface area contributed by atoms with E-state index >= 15 is 0 Å². The molecule has 0 aromatic heterocycles. The number of nitrogens with zero attached hydrogens (tertiary/aromatic N) is 2. The summed E-state index contributed by atoms with van der Waals surface area (Å²) in [5.41, 5.74) is -2.47. The average Bonchev–Trinajstić information content (AvgIpc) is 3.42. The lowest BCUT2D eigenvalue weighted by Crippen LogP contribution is -2.62. The second kappa shape index (κ2) is 15.6. The van der Waals surface area contributed by atoms with Crippen molar-refractivity contribution in [3.8, 4) is 0 Å². The van der Waals surface area contributed by atoms with Crippen molar-refractivity contribution < 1.29 is 86.1 Å². The molecule has 1 N–H and O–H groups in total. The molecule has 0 spiro atoms. The number of aliphatic hydroxyl groups is 1. The van der Waals surface area contributed by atoms with Gasteiger partial charge in [0, 0.05) is 55.4 Å². The number of hydrogen-bond acceptors (Lipinski definition) is 19. The Morgan fingerprint density at radius 1 is 0.673 bits per heavy atom. The Kier molecular flexibility index (Phi) is 12.3. The van der Waals surface area contributed by atoms with Crippen LogP contribution in [-0.2, 0) is 81.0 Å². The maximum Gasteiger partial charge on any atom is 0.303 e. The summed E-state index contributed by atoms with van der Waals surface area (Å²) in [7, 11) is 0. The van der Waals surface area contributed by atoms with Gasteiger partial charge in [-0.2, -0.15) is 4.99 Å². The van der Waals surface area contributed by atoms with Crippen LogP contribution in [-0.4, -0.2) is 138 Å². The zero-order valence-electron chi connectivity index (χ0n) is 27.9. The Morgan fingerprint density at radius 2 is 1.16 bits per heavy atom. The molecule has 1 aliphatic carbocycles. The first-order valence-electron chi connectivity index (χ1n) is 14.8. The molecule has 272 valence electrons. The second-order valence-electron chi connectivity index (χ2n) is 11.3. The van der Waals surface area contributed by atoms with Crippen LogP contribution in [0.2, 0.25) is 0 Å². The molecule has 0 unspecified atom stereocenters. The predicted molar refractivity (Wildman–Crippen MR) is 153 cm³/mol. The van der Waals surface area contributed by atoms with Crippen LogP contribution in [0.3, 0.4) is 0 Å². The predicted octanol–water partition coefficient (Wildman–Crippen LogP) is -1.79.